The van der Waals surface area contributed by atoms with Crippen LogP contribution in [0, 0.1) is 17.2 Å². The van der Waals surface area contributed by atoms with Crippen LogP contribution in [-0.4, -0.2) is 19.3 Å². The standard InChI is InChI=1S/C14H16N2O2/c1-10-5-13-8-18-16-14(13,9-17-10)12-4-2-3-11(6-12)7-15/h2-4,6,10,13,16H,5,8-9H2,1H3/t10-,13-,14+/m0/s1. The van der Waals surface area contributed by atoms with Gasteiger partial charge in [-0.1, -0.05) is 12.1 Å². The lowest BCUT2D eigenvalue weighted by molar-refractivity contribution is -0.0602. The molecule has 2 aliphatic heterocycles. The molecule has 1 N–H and O–H groups in total. The normalized spacial score (nSPS) is 34.9. The average Bonchev–Trinajstić information content (AvgIpc) is 2.83. The maximum absolute atomic E-state index is 9.01. The highest BCUT2D eigenvalue weighted by Crippen LogP contribution is 2.41. The number of ether oxygens (including phenoxy) is 1. The van der Waals surface area contributed by atoms with Crippen molar-refractivity contribution in [2.45, 2.75) is 25.0 Å². The minimum absolute atomic E-state index is 0.269. The average molecular weight is 244 g/mol. The monoisotopic (exact) mass is 244 g/mol. The molecule has 18 heavy (non-hydrogen) atoms. The van der Waals surface area contributed by atoms with Crippen LogP contribution in [0.3, 0.4) is 0 Å². The molecule has 94 valence electrons. The summed E-state index contributed by atoms with van der Waals surface area (Å²) in [6, 6.07) is 9.87. The van der Waals surface area contributed by atoms with Crippen LogP contribution in [-0.2, 0) is 15.1 Å². The Morgan fingerprint density at radius 2 is 2.39 bits per heavy atom. The van der Waals surface area contributed by atoms with Gasteiger partial charge in [0.25, 0.3) is 0 Å². The van der Waals surface area contributed by atoms with Crippen molar-refractivity contribution in [1.29, 1.82) is 5.26 Å². The van der Waals surface area contributed by atoms with Gasteiger partial charge < -0.3 is 9.57 Å². The maximum atomic E-state index is 9.01. The molecule has 0 aromatic heterocycles. The fourth-order valence-corrected chi connectivity index (χ4v) is 2.90. The number of nitrogens with one attached hydrogen (secondary N) is 1. The van der Waals surface area contributed by atoms with Crippen molar-refractivity contribution >= 4 is 0 Å². The lowest BCUT2D eigenvalue weighted by Gasteiger charge is -2.40. The zero-order valence-corrected chi connectivity index (χ0v) is 10.3. The molecule has 3 atom stereocenters. The fraction of sp³-hybridized carbons (Fsp3) is 0.500. The number of hydroxylamine groups is 1. The van der Waals surface area contributed by atoms with E-state index in [1.807, 2.05) is 24.3 Å². The number of rotatable bonds is 1. The summed E-state index contributed by atoms with van der Waals surface area (Å²) in [6.07, 6.45) is 1.25. The number of hydrogen-bond donors (Lipinski definition) is 1. The van der Waals surface area contributed by atoms with E-state index in [1.165, 1.54) is 0 Å². The molecule has 4 heteroatoms. The van der Waals surface area contributed by atoms with Crippen LogP contribution >= 0.6 is 0 Å². The Bertz CT molecular complexity index is 497. The van der Waals surface area contributed by atoms with Crippen LogP contribution in [0.2, 0.25) is 0 Å². The zero-order chi connectivity index (χ0) is 12.6. The molecule has 4 nitrogen and oxygen atoms in total. The van der Waals surface area contributed by atoms with E-state index in [0.29, 0.717) is 24.7 Å². The Kier molecular flexibility index (Phi) is 2.83. The van der Waals surface area contributed by atoms with Crippen molar-refractivity contribution in [3.8, 4) is 6.07 Å². The van der Waals surface area contributed by atoms with Gasteiger partial charge in [-0.15, -0.1) is 0 Å². The molecule has 2 heterocycles. The largest absolute Gasteiger partial charge is 0.376 e. The smallest absolute Gasteiger partial charge is 0.0991 e. The summed E-state index contributed by atoms with van der Waals surface area (Å²) in [5.74, 6) is 0.398. The molecule has 0 amide bonds. The highest BCUT2D eigenvalue weighted by molar-refractivity contribution is 5.37. The summed E-state index contributed by atoms with van der Waals surface area (Å²) in [4.78, 5) is 5.46. The van der Waals surface area contributed by atoms with Gasteiger partial charge in [0, 0.05) is 5.92 Å². The topological polar surface area (TPSA) is 54.3 Å². The van der Waals surface area contributed by atoms with E-state index in [4.69, 9.17) is 14.8 Å². The lowest BCUT2D eigenvalue weighted by atomic mass is 9.75. The van der Waals surface area contributed by atoms with Crippen molar-refractivity contribution in [3.63, 3.8) is 0 Å². The van der Waals surface area contributed by atoms with Crippen molar-refractivity contribution in [1.82, 2.24) is 5.48 Å². The number of hydrogen-bond acceptors (Lipinski definition) is 4. The molecule has 1 aromatic rings. The number of nitrogens with zero attached hydrogens (tertiary/aromatic N) is 1. The van der Waals surface area contributed by atoms with Gasteiger partial charge in [-0.2, -0.15) is 10.7 Å². The van der Waals surface area contributed by atoms with Crippen LogP contribution < -0.4 is 5.48 Å². The summed E-state index contributed by atoms with van der Waals surface area (Å²) in [7, 11) is 0. The van der Waals surface area contributed by atoms with Crippen LogP contribution in [0.4, 0.5) is 0 Å². The number of benzene rings is 1. The van der Waals surface area contributed by atoms with E-state index in [9.17, 15) is 0 Å². The minimum atomic E-state index is -0.292. The Morgan fingerprint density at radius 1 is 1.50 bits per heavy atom. The zero-order valence-electron chi connectivity index (χ0n) is 10.3. The molecule has 1 aromatic carbocycles. The minimum Gasteiger partial charge on any atom is -0.376 e. The van der Waals surface area contributed by atoms with Crippen molar-refractivity contribution in [2.24, 2.45) is 5.92 Å². The van der Waals surface area contributed by atoms with Gasteiger partial charge in [0.05, 0.1) is 36.5 Å². The Hall–Kier alpha value is -1.41. The molecule has 2 aliphatic rings. The SMILES string of the molecule is C[C@H]1C[C@H]2CON[C@@]2(c2cccc(C#N)c2)CO1. The second kappa shape index (κ2) is 4.36. The third kappa shape index (κ3) is 1.72. The predicted molar refractivity (Wildman–Crippen MR) is 65.4 cm³/mol. The summed E-state index contributed by atoms with van der Waals surface area (Å²) in [6.45, 7) is 3.38. The van der Waals surface area contributed by atoms with Gasteiger partial charge in [-0.3, -0.25) is 0 Å². The van der Waals surface area contributed by atoms with Crippen molar-refractivity contribution in [3.05, 3.63) is 35.4 Å². The first-order valence-corrected chi connectivity index (χ1v) is 6.26. The summed E-state index contributed by atoms with van der Waals surface area (Å²) >= 11 is 0. The second-order valence-electron chi connectivity index (χ2n) is 5.13. The Labute approximate surface area is 106 Å². The van der Waals surface area contributed by atoms with Crippen molar-refractivity contribution < 1.29 is 9.57 Å². The lowest BCUT2D eigenvalue weighted by Crippen LogP contribution is -2.50. The summed E-state index contributed by atoms with van der Waals surface area (Å²) in [5.41, 5.74) is 4.59. The molecule has 0 saturated carbocycles. The maximum Gasteiger partial charge on any atom is 0.0991 e. The van der Waals surface area contributed by atoms with E-state index in [1.54, 1.807) is 0 Å². The fourth-order valence-electron chi connectivity index (χ4n) is 2.90. The van der Waals surface area contributed by atoms with Crippen LogP contribution in [0.1, 0.15) is 24.5 Å². The van der Waals surface area contributed by atoms with E-state index in [0.717, 1.165) is 12.0 Å². The molecule has 0 bridgehead atoms. The Morgan fingerprint density at radius 3 is 3.22 bits per heavy atom. The molecular formula is C14H16N2O2. The van der Waals surface area contributed by atoms with E-state index in [2.05, 4.69) is 18.5 Å². The third-order valence-corrected chi connectivity index (χ3v) is 3.95. The second-order valence-corrected chi connectivity index (χ2v) is 5.13. The van der Waals surface area contributed by atoms with Gasteiger partial charge in [0.15, 0.2) is 0 Å². The van der Waals surface area contributed by atoms with E-state index in [-0.39, 0.29) is 11.6 Å². The molecule has 2 fully saturated rings. The van der Waals surface area contributed by atoms with Gasteiger partial charge in [0.1, 0.15) is 0 Å². The van der Waals surface area contributed by atoms with Gasteiger partial charge in [0.2, 0.25) is 0 Å². The highest BCUT2D eigenvalue weighted by atomic mass is 16.7. The van der Waals surface area contributed by atoms with Gasteiger partial charge in [-0.25, -0.2) is 0 Å². The van der Waals surface area contributed by atoms with Gasteiger partial charge in [-0.05, 0) is 31.0 Å². The van der Waals surface area contributed by atoms with Gasteiger partial charge >= 0.3 is 0 Å². The third-order valence-electron chi connectivity index (χ3n) is 3.95. The quantitative estimate of drug-likeness (QED) is 0.817. The first kappa shape index (κ1) is 11.7. The highest BCUT2D eigenvalue weighted by Gasteiger charge is 2.49. The van der Waals surface area contributed by atoms with Crippen LogP contribution in [0.5, 0.6) is 0 Å². The van der Waals surface area contributed by atoms with Crippen LogP contribution in [0.15, 0.2) is 24.3 Å². The van der Waals surface area contributed by atoms with Crippen LogP contribution in [0.25, 0.3) is 0 Å². The molecule has 0 radical (unpaired) electrons. The number of fused-ring (bicyclic) bond motifs is 1. The summed E-state index contributed by atoms with van der Waals surface area (Å²) in [5, 5.41) is 9.01. The predicted octanol–water partition coefficient (Wildman–Crippen LogP) is 1.71. The molecule has 2 saturated heterocycles. The Balaban J connectivity index is 2.00. The first-order chi connectivity index (χ1) is 8.74. The summed E-state index contributed by atoms with van der Waals surface area (Å²) < 4.78 is 5.80. The van der Waals surface area contributed by atoms with E-state index >= 15 is 0 Å². The van der Waals surface area contributed by atoms with E-state index < -0.39 is 0 Å². The molecule has 0 unspecified atom stereocenters. The molecule has 0 spiro atoms. The first-order valence-electron chi connectivity index (χ1n) is 6.26. The number of nitriles is 1. The molecule has 0 aliphatic carbocycles. The van der Waals surface area contributed by atoms with Crippen molar-refractivity contribution in [2.75, 3.05) is 13.2 Å². The molecule has 3 rings (SSSR count). The molecular weight excluding hydrogens is 228 g/mol.